The van der Waals surface area contributed by atoms with Gasteiger partial charge in [0.1, 0.15) is 5.76 Å². The van der Waals surface area contributed by atoms with Crippen molar-refractivity contribution in [3.63, 3.8) is 0 Å². The van der Waals surface area contributed by atoms with Crippen molar-refractivity contribution in [1.29, 1.82) is 0 Å². The van der Waals surface area contributed by atoms with Crippen molar-refractivity contribution in [1.82, 2.24) is 0 Å². The third-order valence-electron chi connectivity index (χ3n) is 2.57. The van der Waals surface area contributed by atoms with E-state index < -0.39 is 5.97 Å². The van der Waals surface area contributed by atoms with Gasteiger partial charge in [-0.25, -0.2) is 4.79 Å². The maximum absolute atomic E-state index is 11.4. The summed E-state index contributed by atoms with van der Waals surface area (Å²) < 4.78 is 5.28. The van der Waals surface area contributed by atoms with Crippen LogP contribution in [0.1, 0.15) is 0 Å². The van der Waals surface area contributed by atoms with Crippen molar-refractivity contribution >= 4 is 5.97 Å². The standard InChI is InChI=1S/C17H14O2/c1-2-17(18)19-16-13-9-5-8-12-15(16)14-10-6-3-4-7-11-14/h2-13H,1H2. The largest absolute Gasteiger partial charge is 0.423 e. The fourth-order valence-electron chi connectivity index (χ4n) is 1.69. The Balaban J connectivity index is 2.43. The van der Waals surface area contributed by atoms with E-state index in [1.807, 2.05) is 60.8 Å². The lowest BCUT2D eigenvalue weighted by molar-refractivity contribution is -0.133. The van der Waals surface area contributed by atoms with Gasteiger partial charge >= 0.3 is 5.97 Å². The predicted molar refractivity (Wildman–Crippen MR) is 77.1 cm³/mol. The zero-order chi connectivity index (χ0) is 13.5. The van der Waals surface area contributed by atoms with Crippen molar-refractivity contribution in [3.8, 4) is 0 Å². The summed E-state index contributed by atoms with van der Waals surface area (Å²) in [4.78, 5) is 11.4. The molecule has 2 aliphatic carbocycles. The van der Waals surface area contributed by atoms with E-state index in [9.17, 15) is 4.79 Å². The van der Waals surface area contributed by atoms with E-state index in [2.05, 4.69) is 6.58 Å². The maximum Gasteiger partial charge on any atom is 0.335 e. The average molecular weight is 250 g/mol. The molecule has 0 saturated heterocycles. The van der Waals surface area contributed by atoms with Crippen LogP contribution in [-0.2, 0) is 9.53 Å². The monoisotopic (exact) mass is 250 g/mol. The van der Waals surface area contributed by atoms with Gasteiger partial charge in [0.15, 0.2) is 0 Å². The molecule has 0 aromatic carbocycles. The molecule has 0 unspecified atom stereocenters. The summed E-state index contributed by atoms with van der Waals surface area (Å²) in [6, 6.07) is 0. The second-order valence-corrected chi connectivity index (χ2v) is 3.87. The van der Waals surface area contributed by atoms with E-state index in [0.717, 1.165) is 17.2 Å². The van der Waals surface area contributed by atoms with Gasteiger partial charge in [-0.3, -0.25) is 0 Å². The van der Waals surface area contributed by atoms with Crippen LogP contribution in [0.4, 0.5) is 0 Å². The van der Waals surface area contributed by atoms with E-state index in [0.29, 0.717) is 5.76 Å². The van der Waals surface area contributed by atoms with Gasteiger partial charge < -0.3 is 4.74 Å². The summed E-state index contributed by atoms with van der Waals surface area (Å²) in [5.74, 6) is 0.0499. The van der Waals surface area contributed by atoms with Gasteiger partial charge in [0, 0.05) is 11.6 Å². The molecule has 0 aromatic rings. The third-order valence-corrected chi connectivity index (χ3v) is 2.57. The quantitative estimate of drug-likeness (QED) is 0.551. The van der Waals surface area contributed by atoms with Gasteiger partial charge in [0.05, 0.1) is 0 Å². The maximum atomic E-state index is 11.4. The molecule has 0 heterocycles. The van der Waals surface area contributed by atoms with Gasteiger partial charge in [-0.1, -0.05) is 67.3 Å². The second kappa shape index (κ2) is 6.36. The van der Waals surface area contributed by atoms with Crippen molar-refractivity contribution in [2.24, 2.45) is 0 Å². The van der Waals surface area contributed by atoms with Gasteiger partial charge in [0.25, 0.3) is 0 Å². The van der Waals surface area contributed by atoms with Gasteiger partial charge in [-0.05, 0) is 11.6 Å². The number of rotatable bonds is 2. The van der Waals surface area contributed by atoms with Gasteiger partial charge in [-0.2, -0.15) is 0 Å². The Bertz CT molecular complexity index is 573. The van der Waals surface area contributed by atoms with Crippen molar-refractivity contribution in [2.75, 3.05) is 0 Å². The summed E-state index contributed by atoms with van der Waals surface area (Å²) in [7, 11) is 0. The number of esters is 1. The highest BCUT2D eigenvalue weighted by Gasteiger charge is 2.11. The first kappa shape index (κ1) is 12.8. The Morgan fingerprint density at radius 2 is 1.58 bits per heavy atom. The van der Waals surface area contributed by atoms with Crippen molar-refractivity contribution < 1.29 is 9.53 Å². The molecular weight excluding hydrogens is 236 g/mol. The van der Waals surface area contributed by atoms with E-state index >= 15 is 0 Å². The van der Waals surface area contributed by atoms with Crippen LogP contribution in [0.3, 0.4) is 0 Å². The SMILES string of the molecule is C=CC(=O)OC1=CC=CC=CC1=C1C=CC=CC=C1. The Morgan fingerprint density at radius 1 is 0.947 bits per heavy atom. The molecule has 94 valence electrons. The van der Waals surface area contributed by atoms with Gasteiger partial charge in [0.2, 0.25) is 0 Å². The fraction of sp³-hybridized carbons (Fsp3) is 0. The highest BCUT2D eigenvalue weighted by molar-refractivity contribution is 5.83. The van der Waals surface area contributed by atoms with Crippen LogP contribution in [-0.4, -0.2) is 5.97 Å². The number of carbonyl (C=O) groups is 1. The molecule has 0 aromatic heterocycles. The molecular formula is C17H14O2. The number of carbonyl (C=O) groups excluding carboxylic acids is 1. The van der Waals surface area contributed by atoms with E-state index in [-0.39, 0.29) is 0 Å². The lowest BCUT2D eigenvalue weighted by atomic mass is 10.0. The van der Waals surface area contributed by atoms with E-state index in [1.165, 1.54) is 0 Å². The molecule has 0 fully saturated rings. The molecule has 0 saturated carbocycles. The normalized spacial score (nSPS) is 16.9. The molecule has 0 aliphatic heterocycles. The number of ether oxygens (including phenoxy) is 1. The summed E-state index contributed by atoms with van der Waals surface area (Å²) >= 11 is 0. The molecule has 2 nitrogen and oxygen atoms in total. The number of hydrogen-bond acceptors (Lipinski definition) is 2. The summed E-state index contributed by atoms with van der Waals surface area (Å²) in [5, 5.41) is 0. The molecule has 2 heteroatoms. The van der Waals surface area contributed by atoms with Crippen LogP contribution >= 0.6 is 0 Å². The highest BCUT2D eigenvalue weighted by Crippen LogP contribution is 2.23. The van der Waals surface area contributed by atoms with Crippen LogP contribution in [0.5, 0.6) is 0 Å². The zero-order valence-corrected chi connectivity index (χ0v) is 10.5. The Labute approximate surface area is 112 Å². The average Bonchev–Trinajstić information content (AvgIpc) is 2.80. The second-order valence-electron chi connectivity index (χ2n) is 3.87. The lowest BCUT2D eigenvalue weighted by Gasteiger charge is -2.09. The molecule has 2 aliphatic rings. The van der Waals surface area contributed by atoms with Crippen LogP contribution in [0, 0.1) is 0 Å². The Kier molecular flexibility index (Phi) is 4.29. The molecule has 0 radical (unpaired) electrons. The third kappa shape index (κ3) is 3.42. The Morgan fingerprint density at radius 3 is 2.26 bits per heavy atom. The number of hydrogen-bond donors (Lipinski definition) is 0. The fourth-order valence-corrected chi connectivity index (χ4v) is 1.69. The van der Waals surface area contributed by atoms with Crippen molar-refractivity contribution in [2.45, 2.75) is 0 Å². The topological polar surface area (TPSA) is 26.3 Å². The van der Waals surface area contributed by atoms with Crippen LogP contribution in [0.2, 0.25) is 0 Å². The number of allylic oxidation sites excluding steroid dienone is 12. The van der Waals surface area contributed by atoms with Crippen LogP contribution in [0.25, 0.3) is 0 Å². The van der Waals surface area contributed by atoms with Crippen LogP contribution in [0.15, 0.2) is 96.4 Å². The highest BCUT2D eigenvalue weighted by atomic mass is 16.5. The van der Waals surface area contributed by atoms with Crippen molar-refractivity contribution in [3.05, 3.63) is 96.4 Å². The molecule has 0 atom stereocenters. The minimum absolute atomic E-state index is 0.465. The van der Waals surface area contributed by atoms with Gasteiger partial charge in [-0.15, -0.1) is 0 Å². The molecule has 0 amide bonds. The van der Waals surface area contributed by atoms with E-state index in [4.69, 9.17) is 4.74 Å². The van der Waals surface area contributed by atoms with Crippen LogP contribution < -0.4 is 0 Å². The van der Waals surface area contributed by atoms with E-state index in [1.54, 1.807) is 6.08 Å². The molecule has 2 rings (SSSR count). The minimum Gasteiger partial charge on any atom is -0.423 e. The smallest absolute Gasteiger partial charge is 0.335 e. The first-order valence-corrected chi connectivity index (χ1v) is 5.96. The first-order chi connectivity index (χ1) is 9.31. The molecule has 0 N–H and O–H groups in total. The summed E-state index contributed by atoms with van der Waals surface area (Å²) in [6.07, 6.45) is 22.2. The Hall–Kier alpha value is -2.61. The molecule has 0 bridgehead atoms. The predicted octanol–water partition coefficient (Wildman–Crippen LogP) is 3.70. The first-order valence-electron chi connectivity index (χ1n) is 5.96. The molecule has 19 heavy (non-hydrogen) atoms. The zero-order valence-electron chi connectivity index (χ0n) is 10.5. The minimum atomic E-state index is -0.465. The lowest BCUT2D eigenvalue weighted by Crippen LogP contribution is -2.03. The summed E-state index contributed by atoms with van der Waals surface area (Å²) in [6.45, 7) is 3.41. The molecule has 0 spiro atoms. The summed E-state index contributed by atoms with van der Waals surface area (Å²) in [5.41, 5.74) is 1.84.